The lowest BCUT2D eigenvalue weighted by molar-refractivity contribution is -0.137. The van der Waals surface area contributed by atoms with Crippen LogP contribution in [0.1, 0.15) is 16.8 Å². The summed E-state index contributed by atoms with van der Waals surface area (Å²) < 4.78 is 42.9. The smallest absolute Gasteiger partial charge is 0.416 e. The van der Waals surface area contributed by atoms with Gasteiger partial charge in [-0.25, -0.2) is 0 Å². The predicted molar refractivity (Wildman–Crippen MR) is 67.9 cm³/mol. The van der Waals surface area contributed by atoms with Gasteiger partial charge < -0.3 is 10.5 Å². The molecule has 0 atom stereocenters. The molecule has 0 amide bonds. The molecule has 0 saturated carbocycles. The van der Waals surface area contributed by atoms with Crippen molar-refractivity contribution in [2.24, 2.45) is 5.73 Å². The van der Waals surface area contributed by atoms with Crippen LogP contribution in [-0.2, 0) is 19.3 Å². The highest BCUT2D eigenvalue weighted by atomic mass is 19.4. The molecule has 0 spiro atoms. The number of aromatic nitrogens is 1. The molecule has 1 aromatic heterocycles. The van der Waals surface area contributed by atoms with Crippen LogP contribution >= 0.6 is 0 Å². The number of halogens is 3. The second-order valence-electron chi connectivity index (χ2n) is 4.18. The van der Waals surface area contributed by atoms with Crippen molar-refractivity contribution in [2.45, 2.75) is 19.3 Å². The van der Waals surface area contributed by atoms with Crippen molar-refractivity contribution >= 4 is 0 Å². The molecule has 20 heavy (non-hydrogen) atoms. The fourth-order valence-corrected chi connectivity index (χ4v) is 1.58. The highest BCUT2D eigenvalue weighted by molar-refractivity contribution is 5.30. The molecule has 0 unspecified atom stereocenters. The Morgan fingerprint density at radius 1 is 1.15 bits per heavy atom. The average molecular weight is 282 g/mol. The Labute approximate surface area is 114 Å². The monoisotopic (exact) mass is 282 g/mol. The molecule has 0 aliphatic heterocycles. The minimum Gasteiger partial charge on any atom is -0.487 e. The van der Waals surface area contributed by atoms with Gasteiger partial charge in [-0.05, 0) is 29.8 Å². The highest BCUT2D eigenvalue weighted by Gasteiger charge is 2.30. The van der Waals surface area contributed by atoms with Crippen molar-refractivity contribution in [3.63, 3.8) is 0 Å². The van der Waals surface area contributed by atoms with E-state index in [-0.39, 0.29) is 12.4 Å². The third-order valence-electron chi connectivity index (χ3n) is 2.67. The van der Waals surface area contributed by atoms with Gasteiger partial charge in [0, 0.05) is 12.7 Å². The summed E-state index contributed by atoms with van der Waals surface area (Å²) in [6, 6.07) is 8.29. The standard InChI is InChI=1S/C14H13F3N2O/c15-14(16,17)11-2-1-3-13(6-11)20-9-12-5-4-10(7-18)8-19-12/h1-6,8H,7,9,18H2. The summed E-state index contributed by atoms with van der Waals surface area (Å²) in [6.07, 6.45) is -2.76. The zero-order valence-corrected chi connectivity index (χ0v) is 10.5. The third kappa shape index (κ3) is 3.71. The minimum atomic E-state index is -4.37. The van der Waals surface area contributed by atoms with Gasteiger partial charge >= 0.3 is 6.18 Å². The van der Waals surface area contributed by atoms with Crippen LogP contribution < -0.4 is 10.5 Å². The van der Waals surface area contributed by atoms with E-state index in [9.17, 15) is 13.2 Å². The Bertz CT molecular complexity index is 567. The van der Waals surface area contributed by atoms with Gasteiger partial charge in [0.15, 0.2) is 0 Å². The molecular formula is C14H13F3N2O. The SMILES string of the molecule is NCc1ccc(COc2cccc(C(F)(F)F)c2)nc1. The van der Waals surface area contributed by atoms with Crippen molar-refractivity contribution in [3.8, 4) is 5.75 Å². The lowest BCUT2D eigenvalue weighted by Gasteiger charge is -2.10. The van der Waals surface area contributed by atoms with Gasteiger partial charge in [-0.1, -0.05) is 12.1 Å². The van der Waals surface area contributed by atoms with E-state index in [1.54, 1.807) is 18.3 Å². The van der Waals surface area contributed by atoms with Gasteiger partial charge in [0.05, 0.1) is 11.3 Å². The fraction of sp³-hybridized carbons (Fsp3) is 0.214. The highest BCUT2D eigenvalue weighted by Crippen LogP contribution is 2.31. The molecule has 2 rings (SSSR count). The van der Waals surface area contributed by atoms with Gasteiger partial charge in [0.2, 0.25) is 0 Å². The summed E-state index contributed by atoms with van der Waals surface area (Å²) in [4.78, 5) is 4.11. The predicted octanol–water partition coefficient (Wildman–Crippen LogP) is 3.14. The molecule has 0 aliphatic carbocycles. The second-order valence-corrected chi connectivity index (χ2v) is 4.18. The van der Waals surface area contributed by atoms with Crippen molar-refractivity contribution in [1.29, 1.82) is 0 Å². The van der Waals surface area contributed by atoms with Crippen molar-refractivity contribution in [2.75, 3.05) is 0 Å². The van der Waals surface area contributed by atoms with E-state index in [4.69, 9.17) is 10.5 Å². The van der Waals surface area contributed by atoms with Gasteiger partial charge in [-0.15, -0.1) is 0 Å². The van der Waals surface area contributed by atoms with Gasteiger partial charge in [0.25, 0.3) is 0 Å². The number of nitrogens with two attached hydrogens (primary N) is 1. The Morgan fingerprint density at radius 2 is 1.95 bits per heavy atom. The number of hydrogen-bond donors (Lipinski definition) is 1. The van der Waals surface area contributed by atoms with E-state index in [0.29, 0.717) is 12.2 Å². The van der Waals surface area contributed by atoms with Crippen molar-refractivity contribution in [1.82, 2.24) is 4.98 Å². The van der Waals surface area contributed by atoms with Crippen LogP contribution in [0.3, 0.4) is 0 Å². The second kappa shape index (κ2) is 5.92. The Hall–Kier alpha value is -2.08. The van der Waals surface area contributed by atoms with E-state index >= 15 is 0 Å². The number of benzene rings is 1. The Morgan fingerprint density at radius 3 is 2.55 bits per heavy atom. The summed E-state index contributed by atoms with van der Waals surface area (Å²) in [5.74, 6) is 0.157. The van der Waals surface area contributed by atoms with Gasteiger partial charge in [-0.3, -0.25) is 4.98 Å². The summed E-state index contributed by atoms with van der Waals surface area (Å²) in [7, 11) is 0. The Balaban J connectivity index is 2.03. The number of alkyl halides is 3. The first-order chi connectivity index (χ1) is 9.49. The number of pyridine rings is 1. The molecule has 2 aromatic rings. The van der Waals surface area contributed by atoms with Gasteiger partial charge in [-0.2, -0.15) is 13.2 Å². The summed E-state index contributed by atoms with van der Waals surface area (Å²) in [6.45, 7) is 0.494. The number of ether oxygens (including phenoxy) is 1. The van der Waals surface area contributed by atoms with Crippen LogP contribution in [0.2, 0.25) is 0 Å². The van der Waals surface area contributed by atoms with Crippen LogP contribution in [0.25, 0.3) is 0 Å². The molecule has 0 aliphatic rings. The lowest BCUT2D eigenvalue weighted by atomic mass is 10.2. The Kier molecular flexibility index (Phi) is 4.24. The molecule has 1 heterocycles. The number of nitrogens with zero attached hydrogens (tertiary/aromatic N) is 1. The molecular weight excluding hydrogens is 269 g/mol. The van der Waals surface area contributed by atoms with E-state index < -0.39 is 11.7 Å². The first-order valence-electron chi connectivity index (χ1n) is 5.93. The largest absolute Gasteiger partial charge is 0.487 e. The molecule has 3 nitrogen and oxygen atoms in total. The van der Waals surface area contributed by atoms with Crippen LogP contribution in [-0.4, -0.2) is 4.98 Å². The summed E-state index contributed by atoms with van der Waals surface area (Å²) in [5, 5.41) is 0. The van der Waals surface area contributed by atoms with Crippen molar-refractivity contribution in [3.05, 3.63) is 59.4 Å². The van der Waals surface area contributed by atoms with Crippen LogP contribution in [0, 0.1) is 0 Å². The molecule has 0 fully saturated rings. The van der Waals surface area contributed by atoms with E-state index in [2.05, 4.69) is 4.98 Å². The van der Waals surface area contributed by atoms with Crippen LogP contribution in [0.5, 0.6) is 5.75 Å². The minimum absolute atomic E-state index is 0.103. The zero-order chi connectivity index (χ0) is 14.6. The number of hydrogen-bond acceptors (Lipinski definition) is 3. The average Bonchev–Trinajstić information content (AvgIpc) is 2.45. The van der Waals surface area contributed by atoms with E-state index in [0.717, 1.165) is 17.7 Å². The molecule has 0 saturated heterocycles. The van der Waals surface area contributed by atoms with E-state index in [1.807, 2.05) is 0 Å². The molecule has 2 N–H and O–H groups in total. The number of rotatable bonds is 4. The molecule has 0 radical (unpaired) electrons. The van der Waals surface area contributed by atoms with E-state index in [1.165, 1.54) is 12.1 Å². The molecule has 106 valence electrons. The maximum absolute atomic E-state index is 12.5. The lowest BCUT2D eigenvalue weighted by Crippen LogP contribution is -2.05. The summed E-state index contributed by atoms with van der Waals surface area (Å²) >= 11 is 0. The molecule has 0 bridgehead atoms. The van der Waals surface area contributed by atoms with Gasteiger partial charge in [0.1, 0.15) is 12.4 Å². The quantitative estimate of drug-likeness (QED) is 0.937. The summed E-state index contributed by atoms with van der Waals surface area (Å²) in [5.41, 5.74) is 6.22. The van der Waals surface area contributed by atoms with Crippen LogP contribution in [0.4, 0.5) is 13.2 Å². The van der Waals surface area contributed by atoms with Crippen molar-refractivity contribution < 1.29 is 17.9 Å². The maximum atomic E-state index is 12.5. The topological polar surface area (TPSA) is 48.1 Å². The van der Waals surface area contributed by atoms with Crippen LogP contribution in [0.15, 0.2) is 42.6 Å². The maximum Gasteiger partial charge on any atom is 0.416 e. The first kappa shape index (κ1) is 14.3. The first-order valence-corrected chi connectivity index (χ1v) is 5.93. The molecule has 6 heteroatoms. The third-order valence-corrected chi connectivity index (χ3v) is 2.67. The zero-order valence-electron chi connectivity index (χ0n) is 10.5. The normalized spacial score (nSPS) is 11.4. The molecule has 1 aromatic carbocycles. The fourth-order valence-electron chi connectivity index (χ4n) is 1.58.